The Kier molecular flexibility index (Phi) is 4.69. The standard InChI is InChI=1S/C21H24N4O/c1-14-2-8-17(9-3-14)24-20(26)12-15-4-6-16(7-5-15)18-10-11-22-21-19(18)13-23-25-21/h2-3,8-11,13,15-16H,4-7,12H2,1H3,(H,24,26)(H,22,23,25). The van der Waals surface area contributed by atoms with Crippen LogP contribution in [0.15, 0.2) is 42.7 Å². The molecule has 1 fully saturated rings. The van der Waals surface area contributed by atoms with Crippen LogP contribution in [0.1, 0.15) is 49.1 Å². The van der Waals surface area contributed by atoms with Gasteiger partial charge in [0.15, 0.2) is 5.65 Å². The van der Waals surface area contributed by atoms with Crippen LogP contribution >= 0.6 is 0 Å². The van der Waals surface area contributed by atoms with E-state index in [0.717, 1.165) is 42.4 Å². The molecule has 5 heteroatoms. The molecule has 1 amide bonds. The summed E-state index contributed by atoms with van der Waals surface area (Å²) in [5, 5.41) is 11.2. The van der Waals surface area contributed by atoms with E-state index in [9.17, 15) is 4.79 Å². The Morgan fingerprint density at radius 3 is 2.69 bits per heavy atom. The first-order chi connectivity index (χ1) is 12.7. The minimum absolute atomic E-state index is 0.124. The van der Waals surface area contributed by atoms with Crippen LogP contribution < -0.4 is 5.32 Å². The molecule has 0 bridgehead atoms. The van der Waals surface area contributed by atoms with E-state index in [-0.39, 0.29) is 5.91 Å². The minimum atomic E-state index is 0.124. The van der Waals surface area contributed by atoms with Gasteiger partial charge in [0.25, 0.3) is 0 Å². The predicted octanol–water partition coefficient (Wildman–Crippen LogP) is 4.57. The van der Waals surface area contributed by atoms with Gasteiger partial charge in [-0.05, 0) is 68.2 Å². The normalized spacial score (nSPS) is 20.2. The number of nitrogens with zero attached hydrogens (tertiary/aromatic N) is 2. The quantitative estimate of drug-likeness (QED) is 0.725. The van der Waals surface area contributed by atoms with E-state index in [1.807, 2.05) is 43.6 Å². The molecule has 1 aliphatic rings. The molecule has 0 saturated heterocycles. The Labute approximate surface area is 153 Å². The molecule has 0 aliphatic heterocycles. The van der Waals surface area contributed by atoms with Gasteiger partial charge in [-0.25, -0.2) is 4.98 Å². The van der Waals surface area contributed by atoms with Crippen molar-refractivity contribution in [2.75, 3.05) is 5.32 Å². The lowest BCUT2D eigenvalue weighted by molar-refractivity contribution is -0.117. The van der Waals surface area contributed by atoms with E-state index < -0.39 is 0 Å². The highest BCUT2D eigenvalue weighted by atomic mass is 16.1. The van der Waals surface area contributed by atoms with Gasteiger partial charge in [-0.1, -0.05) is 17.7 Å². The second-order valence-corrected chi connectivity index (χ2v) is 7.37. The zero-order valence-corrected chi connectivity index (χ0v) is 15.0. The van der Waals surface area contributed by atoms with Gasteiger partial charge in [0, 0.05) is 23.7 Å². The average molecular weight is 348 g/mol. The number of fused-ring (bicyclic) bond motifs is 1. The number of aryl methyl sites for hydroxylation is 1. The molecule has 0 unspecified atom stereocenters. The molecule has 0 atom stereocenters. The van der Waals surface area contributed by atoms with Gasteiger partial charge < -0.3 is 5.32 Å². The van der Waals surface area contributed by atoms with Gasteiger partial charge in [-0.15, -0.1) is 0 Å². The maximum atomic E-state index is 12.3. The number of anilines is 1. The van der Waals surface area contributed by atoms with Crippen molar-refractivity contribution in [2.24, 2.45) is 5.92 Å². The second kappa shape index (κ2) is 7.28. The zero-order chi connectivity index (χ0) is 17.9. The number of aromatic amines is 1. The Hall–Kier alpha value is -2.69. The second-order valence-electron chi connectivity index (χ2n) is 7.37. The van der Waals surface area contributed by atoms with Gasteiger partial charge >= 0.3 is 0 Å². The summed E-state index contributed by atoms with van der Waals surface area (Å²) in [7, 11) is 0. The molecule has 0 spiro atoms. The third-order valence-electron chi connectivity index (χ3n) is 5.48. The highest BCUT2D eigenvalue weighted by Gasteiger charge is 2.25. The van der Waals surface area contributed by atoms with Crippen LogP contribution in [0.25, 0.3) is 11.0 Å². The van der Waals surface area contributed by atoms with Crippen molar-refractivity contribution in [3.63, 3.8) is 0 Å². The van der Waals surface area contributed by atoms with Gasteiger partial charge in [-0.3, -0.25) is 9.89 Å². The zero-order valence-electron chi connectivity index (χ0n) is 15.0. The monoisotopic (exact) mass is 348 g/mol. The van der Waals surface area contributed by atoms with Crippen LogP contribution in [0.4, 0.5) is 5.69 Å². The average Bonchev–Trinajstić information content (AvgIpc) is 3.13. The molecule has 26 heavy (non-hydrogen) atoms. The van der Waals surface area contributed by atoms with Gasteiger partial charge in [0.1, 0.15) is 0 Å². The molecule has 1 aromatic carbocycles. The topological polar surface area (TPSA) is 70.7 Å². The first-order valence-electron chi connectivity index (χ1n) is 9.33. The number of hydrogen-bond donors (Lipinski definition) is 2. The summed E-state index contributed by atoms with van der Waals surface area (Å²) < 4.78 is 0. The number of carbonyl (C=O) groups excluding carboxylic acids is 1. The highest BCUT2D eigenvalue weighted by Crippen LogP contribution is 2.39. The largest absolute Gasteiger partial charge is 0.326 e. The van der Waals surface area contributed by atoms with Crippen LogP contribution in [0.5, 0.6) is 0 Å². The number of pyridine rings is 1. The number of carbonyl (C=O) groups is 1. The van der Waals surface area contributed by atoms with E-state index in [1.54, 1.807) is 0 Å². The Bertz CT molecular complexity index is 892. The molecule has 5 nitrogen and oxygen atoms in total. The fourth-order valence-electron chi connectivity index (χ4n) is 4.02. The number of amides is 1. The number of rotatable bonds is 4. The minimum Gasteiger partial charge on any atom is -0.326 e. The lowest BCUT2D eigenvalue weighted by atomic mass is 9.77. The van der Waals surface area contributed by atoms with Crippen molar-refractivity contribution in [1.29, 1.82) is 0 Å². The van der Waals surface area contributed by atoms with Crippen LogP contribution in [0.2, 0.25) is 0 Å². The Morgan fingerprint density at radius 1 is 1.15 bits per heavy atom. The van der Waals surface area contributed by atoms with Crippen LogP contribution in [0.3, 0.4) is 0 Å². The summed E-state index contributed by atoms with van der Waals surface area (Å²) >= 11 is 0. The van der Waals surface area contributed by atoms with E-state index >= 15 is 0 Å². The predicted molar refractivity (Wildman–Crippen MR) is 103 cm³/mol. The lowest BCUT2D eigenvalue weighted by Crippen LogP contribution is -2.20. The third-order valence-corrected chi connectivity index (χ3v) is 5.48. The molecular weight excluding hydrogens is 324 g/mol. The van der Waals surface area contributed by atoms with Crippen molar-refractivity contribution >= 4 is 22.6 Å². The van der Waals surface area contributed by atoms with Crippen molar-refractivity contribution in [3.05, 3.63) is 53.9 Å². The highest BCUT2D eigenvalue weighted by molar-refractivity contribution is 5.90. The fourth-order valence-corrected chi connectivity index (χ4v) is 4.02. The molecule has 134 valence electrons. The van der Waals surface area contributed by atoms with Crippen LogP contribution in [0, 0.1) is 12.8 Å². The van der Waals surface area contributed by atoms with Crippen molar-refractivity contribution < 1.29 is 4.79 Å². The molecule has 2 N–H and O–H groups in total. The molecular formula is C21H24N4O. The third kappa shape index (κ3) is 3.62. The Morgan fingerprint density at radius 2 is 1.92 bits per heavy atom. The maximum Gasteiger partial charge on any atom is 0.224 e. The number of benzene rings is 1. The molecule has 0 radical (unpaired) electrons. The number of hydrogen-bond acceptors (Lipinski definition) is 3. The lowest BCUT2D eigenvalue weighted by Gasteiger charge is -2.28. The van der Waals surface area contributed by atoms with Crippen LogP contribution in [-0.2, 0) is 4.79 Å². The van der Waals surface area contributed by atoms with Crippen LogP contribution in [-0.4, -0.2) is 21.1 Å². The Balaban J connectivity index is 1.33. The summed E-state index contributed by atoms with van der Waals surface area (Å²) in [6.45, 7) is 2.05. The maximum absolute atomic E-state index is 12.3. The summed E-state index contributed by atoms with van der Waals surface area (Å²) in [5.41, 5.74) is 4.28. The molecule has 2 aromatic heterocycles. The summed E-state index contributed by atoms with van der Waals surface area (Å²) in [5.74, 6) is 1.13. The van der Waals surface area contributed by atoms with Crippen molar-refractivity contribution in [1.82, 2.24) is 15.2 Å². The first-order valence-corrected chi connectivity index (χ1v) is 9.33. The van der Waals surface area contributed by atoms with E-state index in [4.69, 9.17) is 0 Å². The van der Waals surface area contributed by atoms with E-state index in [1.165, 1.54) is 11.1 Å². The smallest absolute Gasteiger partial charge is 0.224 e. The molecule has 2 heterocycles. The van der Waals surface area contributed by atoms with Crippen molar-refractivity contribution in [3.8, 4) is 0 Å². The fraction of sp³-hybridized carbons (Fsp3) is 0.381. The summed E-state index contributed by atoms with van der Waals surface area (Å²) in [6, 6.07) is 10.1. The van der Waals surface area contributed by atoms with E-state index in [2.05, 4.69) is 26.6 Å². The van der Waals surface area contributed by atoms with Crippen molar-refractivity contribution in [2.45, 2.75) is 44.9 Å². The summed E-state index contributed by atoms with van der Waals surface area (Å²) in [6.07, 6.45) is 8.76. The molecule has 1 aliphatic carbocycles. The molecule has 4 rings (SSSR count). The number of aromatic nitrogens is 3. The van der Waals surface area contributed by atoms with Gasteiger partial charge in [-0.2, -0.15) is 5.10 Å². The number of H-pyrrole nitrogens is 1. The SMILES string of the molecule is Cc1ccc(NC(=O)CC2CCC(c3ccnc4[nH]ncc34)CC2)cc1. The first kappa shape index (κ1) is 16.8. The summed E-state index contributed by atoms with van der Waals surface area (Å²) in [4.78, 5) is 16.7. The number of nitrogens with one attached hydrogen (secondary N) is 2. The molecule has 3 aromatic rings. The van der Waals surface area contributed by atoms with Gasteiger partial charge in [0.05, 0.1) is 6.20 Å². The molecule has 1 saturated carbocycles. The van der Waals surface area contributed by atoms with Gasteiger partial charge in [0.2, 0.25) is 5.91 Å². The van der Waals surface area contributed by atoms with E-state index in [0.29, 0.717) is 18.3 Å².